The number of hydrogen-bond donors (Lipinski definition) is 2. The number of alkyl halides is 3. The Morgan fingerprint density at radius 2 is 1.62 bits per heavy atom. The van der Waals surface area contributed by atoms with Gasteiger partial charge in [-0.15, -0.1) is 0 Å². The van der Waals surface area contributed by atoms with Crippen LogP contribution in [0.15, 0.2) is 77.7 Å². The van der Waals surface area contributed by atoms with E-state index in [0.717, 1.165) is 12.7 Å². The number of aliphatic hydroxyl groups is 1. The van der Waals surface area contributed by atoms with Crippen LogP contribution in [0.3, 0.4) is 0 Å². The number of aromatic amines is 1. The molecule has 2 fully saturated rings. The monoisotopic (exact) mass is 1080 g/mol. The normalized spacial score (nSPS) is 30.6. The molecule has 410 valence electrons. The first-order valence-corrected chi connectivity index (χ1v) is 26.7. The number of anilines is 1. The molecule has 17 nitrogen and oxygen atoms in total. The minimum Gasteiger partial charge on any atom is -0.496 e. The van der Waals surface area contributed by atoms with Gasteiger partial charge in [0.1, 0.15) is 16.8 Å². The second kappa shape index (κ2) is 19.5. The summed E-state index contributed by atoms with van der Waals surface area (Å²) in [4.78, 5) is 65.7. The number of benzene rings is 3. The first kappa shape index (κ1) is 54.8. The van der Waals surface area contributed by atoms with Crippen molar-refractivity contribution in [3.8, 4) is 5.75 Å². The molecular weight excluding hydrogens is 1010 g/mol. The third-order valence-corrected chi connectivity index (χ3v) is 18.3. The summed E-state index contributed by atoms with van der Waals surface area (Å²) in [6.45, 7) is 6.39. The molecule has 1 spiro atoms. The summed E-state index contributed by atoms with van der Waals surface area (Å²) in [5.74, 6) is -6.21. The zero-order valence-corrected chi connectivity index (χ0v) is 44.9. The third kappa shape index (κ3) is 8.46. The molecule has 9 atom stereocenters. The van der Waals surface area contributed by atoms with Crippen molar-refractivity contribution in [3.63, 3.8) is 0 Å². The molecule has 0 bridgehead atoms. The number of aryl methyl sites for hydroxylation is 1. The largest absolute Gasteiger partial charge is 0.496 e. The fourth-order valence-corrected chi connectivity index (χ4v) is 15.3. The number of hydrogen-bond acceptors (Lipinski definition) is 16. The molecule has 21 heteroatoms. The number of carbonyl (C=O) groups is 4. The highest BCUT2D eigenvalue weighted by Gasteiger charge is 2.80. The van der Waals surface area contributed by atoms with Crippen LogP contribution in [0.5, 0.6) is 5.75 Å². The molecule has 1 saturated heterocycles. The van der Waals surface area contributed by atoms with Crippen LogP contribution in [0.1, 0.15) is 74.4 Å². The molecule has 1 aromatic heterocycles. The molecule has 3 aromatic carbocycles. The van der Waals surface area contributed by atoms with Gasteiger partial charge in [-0.05, 0) is 101 Å². The Hall–Kier alpha value is -6.00. The van der Waals surface area contributed by atoms with E-state index in [4.69, 9.17) is 27.9 Å². The summed E-state index contributed by atoms with van der Waals surface area (Å²) in [5.41, 5.74) is -5.35. The summed E-state index contributed by atoms with van der Waals surface area (Å²) in [5, 5.41) is 14.2. The lowest BCUT2D eigenvalue weighted by molar-refractivity contribution is -0.228. The lowest BCUT2D eigenvalue weighted by Crippen LogP contribution is -2.81. The minimum atomic E-state index is -5.40. The van der Waals surface area contributed by atoms with Crippen molar-refractivity contribution in [3.05, 3.63) is 101 Å². The van der Waals surface area contributed by atoms with E-state index in [9.17, 15) is 41.1 Å². The molecule has 1 saturated carbocycles. The fourth-order valence-electron chi connectivity index (χ4n) is 14.3. The van der Waals surface area contributed by atoms with E-state index in [1.54, 1.807) is 49.0 Å². The standard InChI is InChI=1S/C55H65F3N4O13S/c1-10-51-21-13-23-62-25-22-52(44(51)62)38-26-39(42(70-7)27-41(38)61(6)45(52)54(67,48(65)72-9)46(51)74-33(3)63)53(47(64)71-8)29-34(30-73-76(68,69)35-18-16-32(2)17-19-35)28-50(4,75-49(66)55(56,57)58)31-60(5)24-20-37-36-14-11-12-15-40(36)59-43(37)53/h11-19,21,26-27,34,44-46,59,67H,10,20,22-25,28-31H2,1-9H3/t34-,44-,45+,46+,50-,51+,52?,53-,54-/m0/s1. The summed E-state index contributed by atoms with van der Waals surface area (Å²) in [7, 11) is 2.55. The van der Waals surface area contributed by atoms with Gasteiger partial charge in [-0.2, -0.15) is 21.6 Å². The van der Waals surface area contributed by atoms with Crippen molar-refractivity contribution in [1.29, 1.82) is 0 Å². The predicted octanol–water partition coefficient (Wildman–Crippen LogP) is 6.04. The van der Waals surface area contributed by atoms with Crippen molar-refractivity contribution in [2.75, 3.05) is 73.1 Å². The lowest BCUT2D eigenvalue weighted by Gasteiger charge is -2.63. The Morgan fingerprint density at radius 3 is 2.26 bits per heavy atom. The number of methoxy groups -OCH3 is 3. The molecular formula is C55H65F3N4O13S. The number of ether oxygens (including phenoxy) is 5. The van der Waals surface area contributed by atoms with E-state index in [1.807, 2.05) is 49.4 Å². The highest BCUT2D eigenvalue weighted by molar-refractivity contribution is 7.86. The van der Waals surface area contributed by atoms with Crippen molar-refractivity contribution in [2.45, 2.75) is 111 Å². The number of esters is 4. The summed E-state index contributed by atoms with van der Waals surface area (Å²) in [6.07, 6.45) is -3.05. The maximum atomic E-state index is 15.9. The van der Waals surface area contributed by atoms with Gasteiger partial charge in [0.2, 0.25) is 5.60 Å². The molecule has 0 radical (unpaired) electrons. The molecule has 0 amide bonds. The van der Waals surface area contributed by atoms with Crippen LogP contribution >= 0.6 is 0 Å². The van der Waals surface area contributed by atoms with Crippen LogP contribution in [0.4, 0.5) is 18.9 Å². The third-order valence-electron chi connectivity index (χ3n) is 17.0. The molecule has 5 aliphatic rings. The zero-order chi connectivity index (χ0) is 55.1. The Morgan fingerprint density at radius 1 is 0.921 bits per heavy atom. The quantitative estimate of drug-likeness (QED) is 0.0761. The van der Waals surface area contributed by atoms with E-state index in [1.165, 1.54) is 40.2 Å². The van der Waals surface area contributed by atoms with Gasteiger partial charge in [0.15, 0.2) is 6.10 Å². The predicted molar refractivity (Wildman–Crippen MR) is 271 cm³/mol. The molecule has 4 aliphatic heterocycles. The van der Waals surface area contributed by atoms with Crippen LogP contribution in [-0.4, -0.2) is 156 Å². The lowest BCUT2D eigenvalue weighted by atomic mass is 9.47. The minimum absolute atomic E-state index is 0.110. The van der Waals surface area contributed by atoms with Crippen molar-refractivity contribution < 1.29 is 73.7 Å². The van der Waals surface area contributed by atoms with Gasteiger partial charge in [0.05, 0.1) is 38.9 Å². The van der Waals surface area contributed by atoms with Crippen LogP contribution in [0.2, 0.25) is 0 Å². The average Bonchev–Trinajstić information content (AvgIpc) is 4.19. The highest BCUT2D eigenvalue weighted by Crippen LogP contribution is 2.68. The number of aromatic nitrogens is 1. The van der Waals surface area contributed by atoms with Crippen LogP contribution < -0.4 is 9.64 Å². The van der Waals surface area contributed by atoms with Crippen molar-refractivity contribution in [2.24, 2.45) is 11.3 Å². The highest BCUT2D eigenvalue weighted by atomic mass is 32.2. The molecule has 5 heterocycles. The van der Waals surface area contributed by atoms with E-state index in [-0.39, 0.29) is 35.7 Å². The van der Waals surface area contributed by atoms with Crippen molar-refractivity contribution in [1.82, 2.24) is 14.8 Å². The molecule has 4 aromatic rings. The second-order valence-corrected chi connectivity index (χ2v) is 23.1. The Kier molecular flexibility index (Phi) is 14.0. The first-order chi connectivity index (χ1) is 35.8. The number of nitrogens with one attached hydrogen (secondary N) is 1. The van der Waals surface area contributed by atoms with Crippen molar-refractivity contribution >= 4 is 50.6 Å². The number of carbonyl (C=O) groups excluding carboxylic acids is 4. The average molecular weight is 1080 g/mol. The smallest absolute Gasteiger partial charge is 0.490 e. The summed E-state index contributed by atoms with van der Waals surface area (Å²) < 4.78 is 106. The molecule has 9 rings (SSSR count). The van der Waals surface area contributed by atoms with Crippen LogP contribution in [-0.2, 0) is 69.7 Å². The molecule has 2 N–H and O–H groups in total. The van der Waals surface area contributed by atoms with Crippen LogP contribution in [0.25, 0.3) is 10.9 Å². The van der Waals surface area contributed by atoms with Gasteiger partial charge in [-0.1, -0.05) is 55.0 Å². The van der Waals surface area contributed by atoms with Gasteiger partial charge in [0, 0.05) is 84.4 Å². The van der Waals surface area contributed by atoms with Gasteiger partial charge < -0.3 is 43.6 Å². The number of para-hydroxylation sites is 1. The summed E-state index contributed by atoms with van der Waals surface area (Å²) >= 11 is 0. The number of nitrogens with zero attached hydrogens (tertiary/aromatic N) is 3. The number of H-pyrrole nitrogens is 1. The van der Waals surface area contributed by atoms with E-state index in [2.05, 4.69) is 9.88 Å². The topological polar surface area (TPSA) is 204 Å². The molecule has 1 aliphatic carbocycles. The number of likely N-dealkylation sites (N-methyl/N-ethyl adjacent to an activating group) is 2. The molecule has 76 heavy (non-hydrogen) atoms. The van der Waals surface area contributed by atoms with E-state index >= 15 is 4.79 Å². The van der Waals surface area contributed by atoms with Gasteiger partial charge in [0.25, 0.3) is 10.1 Å². The SMILES string of the molecule is CC[C@]12C=CCN3CCC4(c5cc([C@@]6(C(=O)OC)C[C@@H](COS(=O)(=O)c7ccc(C)cc7)C[C@](C)(OC(=O)C(F)(F)F)CN(C)CCc7c6[nH]c6ccccc76)c(OC)cc5N(C)[C@H]4[C@@](O)(C(=O)OC)[C@@H]1OC(C)=O)[C@@H]32. The number of fused-ring (bicyclic) bond motifs is 4. The maximum Gasteiger partial charge on any atom is 0.490 e. The number of halogens is 3. The Bertz CT molecular complexity index is 3110. The maximum absolute atomic E-state index is 15.9. The first-order valence-electron chi connectivity index (χ1n) is 25.3. The van der Waals surface area contributed by atoms with Gasteiger partial charge >= 0.3 is 30.1 Å². The van der Waals surface area contributed by atoms with E-state index < -0.39 is 111 Å². The summed E-state index contributed by atoms with van der Waals surface area (Å²) in [6, 6.07) is 15.1. The fraction of sp³-hybridized carbons (Fsp3) is 0.527. The van der Waals surface area contributed by atoms with Gasteiger partial charge in [-0.3, -0.25) is 18.7 Å². The van der Waals surface area contributed by atoms with E-state index in [0.29, 0.717) is 59.3 Å². The Labute approximate surface area is 439 Å². The number of rotatable bonds is 11. The zero-order valence-electron chi connectivity index (χ0n) is 44.0. The molecule has 1 unspecified atom stereocenters. The second-order valence-electron chi connectivity index (χ2n) is 21.5. The van der Waals surface area contributed by atoms with Gasteiger partial charge in [-0.25, -0.2) is 9.59 Å². The Balaban J connectivity index is 1.35. The van der Waals surface area contributed by atoms with Crippen LogP contribution in [0, 0.1) is 18.3 Å².